The predicted molar refractivity (Wildman–Crippen MR) is 129 cm³/mol. The van der Waals surface area contributed by atoms with Crippen molar-refractivity contribution in [3.63, 3.8) is 0 Å². The van der Waals surface area contributed by atoms with E-state index >= 15 is 0 Å². The zero-order chi connectivity index (χ0) is 23.1. The number of carbonyl (C=O) groups excluding carboxylic acids is 1. The summed E-state index contributed by atoms with van der Waals surface area (Å²) in [6, 6.07) is 16.7. The summed E-state index contributed by atoms with van der Waals surface area (Å²) in [5.74, 6) is 0.700. The van der Waals surface area contributed by atoms with E-state index in [2.05, 4.69) is 18.3 Å². The molecule has 0 radical (unpaired) electrons. The number of rotatable bonds is 9. The second-order valence-electron chi connectivity index (χ2n) is 7.61. The topological polar surface area (TPSA) is 75.6 Å². The van der Waals surface area contributed by atoms with Crippen molar-refractivity contribution in [1.82, 2.24) is 19.7 Å². The van der Waals surface area contributed by atoms with Gasteiger partial charge in [0, 0.05) is 23.6 Å². The van der Waals surface area contributed by atoms with Crippen LogP contribution in [0.4, 0.5) is 0 Å². The van der Waals surface area contributed by atoms with Crippen LogP contribution < -0.4 is 5.32 Å². The minimum Gasteiger partial charge on any atom is -0.350 e. The van der Waals surface area contributed by atoms with Gasteiger partial charge in [-0.1, -0.05) is 37.1 Å². The van der Waals surface area contributed by atoms with E-state index < -0.39 is 0 Å². The van der Waals surface area contributed by atoms with Crippen LogP contribution in [0.2, 0.25) is 5.02 Å². The second-order valence-corrected chi connectivity index (χ2v) is 8.42. The molecular formula is C24H26ClN5OS. The molecule has 6 nitrogen and oxygen atoms in total. The number of benzene rings is 2. The number of nitrogens with zero attached hydrogens (tertiary/aromatic N) is 4. The number of aromatic nitrogens is 3. The molecule has 2 aromatic carbocycles. The summed E-state index contributed by atoms with van der Waals surface area (Å²) in [4.78, 5) is 12.5. The van der Waals surface area contributed by atoms with E-state index in [-0.39, 0.29) is 18.4 Å². The van der Waals surface area contributed by atoms with E-state index in [1.165, 1.54) is 0 Å². The molecule has 32 heavy (non-hydrogen) atoms. The standard InChI is InChI=1S/C24H26ClN5OS/c1-3-4-14-29-23(20-9-11-21(25)12-10-20)28-30(24(29)32)15-13-22(31)27-17(2)19-7-5-18(16-26)6-8-19/h5-12,17H,3-4,13-15H2,1-2H3,(H,27,31). The molecule has 3 rings (SSSR count). The Hall–Kier alpha value is -2.95. The van der Waals surface area contributed by atoms with Gasteiger partial charge in [0.1, 0.15) is 0 Å². The second kappa shape index (κ2) is 11.1. The molecular weight excluding hydrogens is 442 g/mol. The van der Waals surface area contributed by atoms with E-state index in [0.29, 0.717) is 21.9 Å². The minimum atomic E-state index is -0.157. The molecule has 1 aromatic heterocycles. The van der Waals surface area contributed by atoms with Gasteiger partial charge in [0.15, 0.2) is 10.6 Å². The van der Waals surface area contributed by atoms with Crippen molar-refractivity contribution in [3.8, 4) is 17.5 Å². The van der Waals surface area contributed by atoms with E-state index in [4.69, 9.17) is 34.2 Å². The van der Waals surface area contributed by atoms with Gasteiger partial charge in [-0.15, -0.1) is 0 Å². The van der Waals surface area contributed by atoms with Gasteiger partial charge < -0.3 is 5.32 Å². The number of hydrogen-bond donors (Lipinski definition) is 1. The molecule has 1 N–H and O–H groups in total. The SMILES string of the molecule is CCCCn1c(-c2ccc(Cl)cc2)nn(CCC(=O)NC(C)c2ccc(C#N)cc2)c1=S. The lowest BCUT2D eigenvalue weighted by Crippen LogP contribution is -2.27. The number of unbranched alkanes of at least 4 members (excludes halogenated alkanes) is 1. The minimum absolute atomic E-state index is 0.0834. The fourth-order valence-corrected chi connectivity index (χ4v) is 3.80. The van der Waals surface area contributed by atoms with E-state index in [1.807, 2.05) is 47.9 Å². The van der Waals surface area contributed by atoms with Gasteiger partial charge in [-0.25, -0.2) is 4.68 Å². The number of nitriles is 1. The highest BCUT2D eigenvalue weighted by Crippen LogP contribution is 2.22. The molecule has 0 bridgehead atoms. The first kappa shape index (κ1) is 23.7. The molecule has 1 unspecified atom stereocenters. The van der Waals surface area contributed by atoms with Crippen molar-refractivity contribution in [2.24, 2.45) is 0 Å². The van der Waals surface area contributed by atoms with Gasteiger partial charge in [0.2, 0.25) is 5.91 Å². The number of nitrogens with one attached hydrogen (secondary N) is 1. The largest absolute Gasteiger partial charge is 0.350 e. The Morgan fingerprint density at radius 2 is 1.88 bits per heavy atom. The van der Waals surface area contributed by atoms with Crippen LogP contribution in [0.1, 0.15) is 50.3 Å². The molecule has 0 aliphatic heterocycles. The van der Waals surface area contributed by atoms with Crippen molar-refractivity contribution in [2.45, 2.75) is 52.2 Å². The summed E-state index contributed by atoms with van der Waals surface area (Å²) in [6.07, 6.45) is 2.30. The summed E-state index contributed by atoms with van der Waals surface area (Å²) in [5, 5.41) is 17.3. The highest BCUT2D eigenvalue weighted by atomic mass is 35.5. The highest BCUT2D eigenvalue weighted by Gasteiger charge is 2.15. The molecule has 0 fully saturated rings. The third-order valence-corrected chi connectivity index (χ3v) is 5.91. The van der Waals surface area contributed by atoms with Gasteiger partial charge in [0.25, 0.3) is 0 Å². The highest BCUT2D eigenvalue weighted by molar-refractivity contribution is 7.71. The third kappa shape index (κ3) is 5.84. The van der Waals surface area contributed by atoms with Crippen LogP contribution in [0.5, 0.6) is 0 Å². The van der Waals surface area contributed by atoms with Crippen molar-refractivity contribution in [1.29, 1.82) is 5.26 Å². The van der Waals surface area contributed by atoms with Gasteiger partial charge in [-0.3, -0.25) is 9.36 Å². The van der Waals surface area contributed by atoms with Crippen LogP contribution in [0, 0.1) is 16.1 Å². The van der Waals surface area contributed by atoms with Gasteiger partial charge in [0.05, 0.1) is 24.2 Å². The van der Waals surface area contributed by atoms with Crippen molar-refractivity contribution in [3.05, 3.63) is 69.5 Å². The van der Waals surface area contributed by atoms with E-state index in [0.717, 1.165) is 36.3 Å². The maximum absolute atomic E-state index is 12.5. The average Bonchev–Trinajstić information content (AvgIpc) is 3.12. The van der Waals surface area contributed by atoms with Crippen molar-refractivity contribution in [2.75, 3.05) is 0 Å². The molecule has 1 heterocycles. The Kier molecular flexibility index (Phi) is 8.20. The quantitative estimate of drug-likeness (QED) is 0.411. The van der Waals surface area contributed by atoms with E-state index in [1.54, 1.807) is 16.8 Å². The van der Waals surface area contributed by atoms with Crippen LogP contribution >= 0.6 is 23.8 Å². The lowest BCUT2D eigenvalue weighted by atomic mass is 10.1. The molecule has 0 saturated heterocycles. The Balaban J connectivity index is 1.70. The Bertz CT molecular complexity index is 1160. The zero-order valence-electron chi connectivity index (χ0n) is 18.2. The van der Waals surface area contributed by atoms with Crippen LogP contribution in [0.15, 0.2) is 48.5 Å². The zero-order valence-corrected chi connectivity index (χ0v) is 19.8. The first-order chi connectivity index (χ1) is 15.4. The monoisotopic (exact) mass is 467 g/mol. The molecule has 1 atom stereocenters. The number of carbonyl (C=O) groups is 1. The third-order valence-electron chi connectivity index (χ3n) is 5.23. The van der Waals surface area contributed by atoms with Crippen molar-refractivity contribution < 1.29 is 4.79 Å². The van der Waals surface area contributed by atoms with Crippen molar-refractivity contribution >= 4 is 29.7 Å². The fourth-order valence-electron chi connectivity index (χ4n) is 3.37. The van der Waals surface area contributed by atoms with Crippen LogP contribution in [0.3, 0.4) is 0 Å². The Morgan fingerprint density at radius 3 is 2.50 bits per heavy atom. The summed E-state index contributed by atoms with van der Waals surface area (Å²) in [5.41, 5.74) is 2.48. The molecule has 0 aliphatic rings. The van der Waals surface area contributed by atoms with Gasteiger partial charge in [-0.05, 0) is 67.5 Å². The molecule has 166 valence electrons. The summed E-state index contributed by atoms with van der Waals surface area (Å²) in [6.45, 7) is 5.22. The predicted octanol–water partition coefficient (Wildman–Crippen LogP) is 5.67. The summed E-state index contributed by atoms with van der Waals surface area (Å²) < 4.78 is 4.36. The molecule has 1 amide bonds. The van der Waals surface area contributed by atoms with Crippen LogP contribution in [0.25, 0.3) is 11.4 Å². The number of hydrogen-bond acceptors (Lipinski definition) is 4. The van der Waals surface area contributed by atoms with Crippen LogP contribution in [-0.2, 0) is 17.9 Å². The maximum Gasteiger partial charge on any atom is 0.222 e. The summed E-state index contributed by atoms with van der Waals surface area (Å²) >= 11 is 11.7. The normalized spacial score (nSPS) is 11.7. The number of halogens is 1. The lowest BCUT2D eigenvalue weighted by Gasteiger charge is -2.14. The maximum atomic E-state index is 12.5. The first-order valence-electron chi connectivity index (χ1n) is 10.7. The number of amides is 1. The van der Waals surface area contributed by atoms with Crippen LogP contribution in [-0.4, -0.2) is 20.3 Å². The average molecular weight is 468 g/mol. The molecule has 0 spiro atoms. The first-order valence-corrected chi connectivity index (χ1v) is 11.4. The lowest BCUT2D eigenvalue weighted by molar-refractivity contribution is -0.122. The van der Waals surface area contributed by atoms with Gasteiger partial charge in [-0.2, -0.15) is 10.4 Å². The summed E-state index contributed by atoms with van der Waals surface area (Å²) in [7, 11) is 0. The number of aryl methyl sites for hydroxylation is 1. The Morgan fingerprint density at radius 1 is 1.19 bits per heavy atom. The fraction of sp³-hybridized carbons (Fsp3) is 0.333. The smallest absolute Gasteiger partial charge is 0.222 e. The Labute approximate surface area is 198 Å². The van der Waals surface area contributed by atoms with Gasteiger partial charge >= 0.3 is 0 Å². The molecule has 3 aromatic rings. The molecule has 8 heteroatoms. The van der Waals surface area contributed by atoms with E-state index in [9.17, 15) is 4.79 Å². The molecule has 0 aliphatic carbocycles. The molecule has 0 saturated carbocycles.